The van der Waals surface area contributed by atoms with E-state index in [2.05, 4.69) is 10.6 Å². The van der Waals surface area contributed by atoms with E-state index in [4.69, 9.17) is 5.73 Å². The van der Waals surface area contributed by atoms with Crippen molar-refractivity contribution in [1.82, 2.24) is 10.6 Å². The van der Waals surface area contributed by atoms with Crippen LogP contribution in [-0.2, 0) is 21.1 Å². The predicted molar refractivity (Wildman–Crippen MR) is 45.1 cm³/mol. The van der Waals surface area contributed by atoms with Gasteiger partial charge in [-0.05, 0) is 6.04 Å². The van der Waals surface area contributed by atoms with Crippen molar-refractivity contribution in [2.45, 2.75) is 19.9 Å². The molecule has 86 valence electrons. The van der Waals surface area contributed by atoms with E-state index < -0.39 is 0 Å². The van der Waals surface area contributed by atoms with Crippen LogP contribution in [0.2, 0.25) is 0 Å². The van der Waals surface area contributed by atoms with E-state index in [1.165, 1.54) is 0 Å². The van der Waals surface area contributed by atoms with E-state index in [-0.39, 0.29) is 45.9 Å². The number of nitrogens with one attached hydrogen (secondary N) is 2. The number of piperazine rings is 1. The predicted octanol–water partition coefficient (Wildman–Crippen LogP) is -6.46. The van der Waals surface area contributed by atoms with Crippen LogP contribution in [0.25, 0.3) is 0 Å². The van der Waals surface area contributed by atoms with Gasteiger partial charge in [0.15, 0.2) is 0 Å². The van der Waals surface area contributed by atoms with Crippen molar-refractivity contribution in [1.29, 1.82) is 0 Å². The Morgan fingerprint density at radius 1 is 0.923 bits per heavy atom. The average Bonchev–Trinajstić information content (AvgIpc) is 1.90. The molecule has 0 atom stereocenters. The standard InChI is InChI=1S/C4H10N2.C3H9N.2ClH.Pt/c1-2-6-4-3-5-1;1-3(2)4;;;/h5-6H,1-4H2;3H,4H2,1-2H3;2*1H;/q;;;;+2/p-2. The molecule has 0 unspecified atom stereocenters. The van der Waals surface area contributed by atoms with Gasteiger partial charge in [-0.2, -0.15) is 0 Å². The summed E-state index contributed by atoms with van der Waals surface area (Å²) in [4.78, 5) is 0. The molecule has 0 amide bonds. The molecule has 1 rings (SSSR count). The maximum atomic E-state index is 5.11. The Morgan fingerprint density at radius 2 is 1.08 bits per heavy atom. The second kappa shape index (κ2) is 18.8. The fourth-order valence-electron chi connectivity index (χ4n) is 0.604. The molecule has 1 saturated heterocycles. The summed E-state index contributed by atoms with van der Waals surface area (Å²) in [7, 11) is 0. The Kier molecular flexibility index (Phi) is 34.4. The van der Waals surface area contributed by atoms with Crippen molar-refractivity contribution in [2.75, 3.05) is 26.2 Å². The fourth-order valence-corrected chi connectivity index (χ4v) is 0.604. The quantitative estimate of drug-likeness (QED) is 0.372. The minimum Gasteiger partial charge on any atom is -1.00 e. The van der Waals surface area contributed by atoms with Gasteiger partial charge in [-0.1, -0.05) is 13.8 Å². The minimum absolute atomic E-state index is 0. The summed E-state index contributed by atoms with van der Waals surface area (Å²) in [6.07, 6.45) is 0. The van der Waals surface area contributed by atoms with Gasteiger partial charge in [-0.25, -0.2) is 0 Å². The molecule has 0 bridgehead atoms. The topological polar surface area (TPSA) is 50.1 Å². The van der Waals surface area contributed by atoms with Crippen LogP contribution in [-0.4, -0.2) is 32.2 Å². The monoisotopic (exact) mass is 410 g/mol. The molecule has 1 aliphatic heterocycles. The molecule has 1 heterocycles. The van der Waals surface area contributed by atoms with E-state index in [1.54, 1.807) is 0 Å². The van der Waals surface area contributed by atoms with Crippen LogP contribution in [0.4, 0.5) is 0 Å². The Bertz CT molecular complexity index is 58.5. The Hall–Kier alpha value is 1.15. The molecular formula is C7H19Cl2N3Pt. The fraction of sp³-hybridized carbons (Fsp3) is 1.00. The molecule has 0 spiro atoms. The zero-order chi connectivity index (χ0) is 7.82. The molecule has 4 N–H and O–H groups in total. The number of hydrogen-bond donors (Lipinski definition) is 3. The van der Waals surface area contributed by atoms with Crippen LogP contribution in [0.5, 0.6) is 0 Å². The SMILES string of the molecule is C1CNCCN1.CC(C)N.[Cl-].[Cl-].[Pt+2]. The normalized spacial score (nSPS) is 13.8. The number of hydrogen-bond acceptors (Lipinski definition) is 3. The van der Waals surface area contributed by atoms with E-state index in [1.807, 2.05) is 13.8 Å². The minimum atomic E-state index is 0. The largest absolute Gasteiger partial charge is 2.00 e. The van der Waals surface area contributed by atoms with Gasteiger partial charge in [0.2, 0.25) is 0 Å². The zero-order valence-electron chi connectivity index (χ0n) is 8.06. The number of halogens is 2. The smallest absolute Gasteiger partial charge is 1.00 e. The number of nitrogens with two attached hydrogens (primary N) is 1. The van der Waals surface area contributed by atoms with Crippen LogP contribution in [0, 0.1) is 0 Å². The van der Waals surface area contributed by atoms with Gasteiger partial charge in [-0.3, -0.25) is 0 Å². The summed E-state index contributed by atoms with van der Waals surface area (Å²) >= 11 is 0. The van der Waals surface area contributed by atoms with Crippen molar-refractivity contribution in [3.63, 3.8) is 0 Å². The van der Waals surface area contributed by atoms with Crippen LogP contribution >= 0.6 is 0 Å². The van der Waals surface area contributed by atoms with Gasteiger partial charge in [-0.15, -0.1) is 0 Å². The summed E-state index contributed by atoms with van der Waals surface area (Å²) in [6, 6.07) is 0.333. The summed E-state index contributed by atoms with van der Waals surface area (Å²) in [5.41, 5.74) is 5.11. The second-order valence-corrected chi connectivity index (χ2v) is 2.74. The average molecular weight is 411 g/mol. The van der Waals surface area contributed by atoms with Crippen LogP contribution in [0.1, 0.15) is 13.8 Å². The van der Waals surface area contributed by atoms with Crippen molar-refractivity contribution < 1.29 is 45.9 Å². The molecule has 13 heavy (non-hydrogen) atoms. The summed E-state index contributed by atoms with van der Waals surface area (Å²) in [5.74, 6) is 0. The molecule has 0 aliphatic carbocycles. The van der Waals surface area contributed by atoms with Crippen molar-refractivity contribution in [2.24, 2.45) is 5.73 Å². The first-order chi connectivity index (χ1) is 4.73. The first-order valence-corrected chi connectivity index (χ1v) is 3.90. The molecule has 0 aromatic heterocycles. The van der Waals surface area contributed by atoms with Crippen molar-refractivity contribution >= 4 is 0 Å². The van der Waals surface area contributed by atoms with Crippen LogP contribution in [0.15, 0.2) is 0 Å². The molecule has 0 aromatic rings. The van der Waals surface area contributed by atoms with E-state index in [9.17, 15) is 0 Å². The van der Waals surface area contributed by atoms with E-state index >= 15 is 0 Å². The second-order valence-electron chi connectivity index (χ2n) is 2.74. The first kappa shape index (κ1) is 23.7. The third-order valence-electron chi connectivity index (χ3n) is 0.957. The maximum absolute atomic E-state index is 5.11. The van der Waals surface area contributed by atoms with Gasteiger partial charge in [0.25, 0.3) is 0 Å². The molecule has 0 saturated carbocycles. The van der Waals surface area contributed by atoms with Gasteiger partial charge in [0.1, 0.15) is 0 Å². The van der Waals surface area contributed by atoms with Gasteiger partial charge in [0.05, 0.1) is 0 Å². The molecule has 6 heteroatoms. The third kappa shape index (κ3) is 32.0. The van der Waals surface area contributed by atoms with Gasteiger partial charge in [0, 0.05) is 26.2 Å². The van der Waals surface area contributed by atoms with Crippen LogP contribution in [0.3, 0.4) is 0 Å². The van der Waals surface area contributed by atoms with Crippen LogP contribution < -0.4 is 41.2 Å². The Balaban J connectivity index is -0.0000000536. The molecule has 0 aromatic carbocycles. The molecule has 3 nitrogen and oxygen atoms in total. The third-order valence-corrected chi connectivity index (χ3v) is 0.957. The zero-order valence-corrected chi connectivity index (χ0v) is 11.8. The Morgan fingerprint density at radius 3 is 1.15 bits per heavy atom. The van der Waals surface area contributed by atoms with Gasteiger partial charge < -0.3 is 41.2 Å². The van der Waals surface area contributed by atoms with E-state index in [0.717, 1.165) is 26.2 Å². The number of rotatable bonds is 0. The molecule has 1 fully saturated rings. The molecule has 1 aliphatic rings. The van der Waals surface area contributed by atoms with E-state index in [0.29, 0.717) is 6.04 Å². The van der Waals surface area contributed by atoms with Crippen molar-refractivity contribution in [3.8, 4) is 0 Å². The molecular weight excluding hydrogens is 392 g/mol. The summed E-state index contributed by atoms with van der Waals surface area (Å²) in [6.45, 7) is 8.44. The maximum Gasteiger partial charge on any atom is 2.00 e. The van der Waals surface area contributed by atoms with Gasteiger partial charge >= 0.3 is 21.1 Å². The molecule has 0 radical (unpaired) electrons. The summed E-state index contributed by atoms with van der Waals surface area (Å²) < 4.78 is 0. The first-order valence-electron chi connectivity index (χ1n) is 3.90. The Labute approximate surface area is 108 Å². The van der Waals surface area contributed by atoms with Crippen molar-refractivity contribution in [3.05, 3.63) is 0 Å². The summed E-state index contributed by atoms with van der Waals surface area (Å²) in [5, 5.41) is 6.44.